The SMILES string of the molecule is CCOC(=O)c1cnn(-c2cnc(N)c(N(N)Cc3ccc4ncccc4c3)n2)c1. The van der Waals surface area contributed by atoms with Crippen LogP contribution in [0, 0.1) is 0 Å². The van der Waals surface area contributed by atoms with E-state index in [1.54, 1.807) is 13.1 Å². The van der Waals surface area contributed by atoms with Gasteiger partial charge in [-0.2, -0.15) is 5.10 Å². The van der Waals surface area contributed by atoms with Gasteiger partial charge in [0, 0.05) is 17.8 Å². The van der Waals surface area contributed by atoms with E-state index in [0.29, 0.717) is 23.7 Å². The zero-order valence-corrected chi connectivity index (χ0v) is 16.3. The number of nitrogen functional groups attached to an aromatic ring is 1. The lowest BCUT2D eigenvalue weighted by Gasteiger charge is -2.19. The second-order valence-electron chi connectivity index (χ2n) is 6.49. The van der Waals surface area contributed by atoms with E-state index < -0.39 is 5.97 Å². The number of nitrogens with two attached hydrogens (primary N) is 2. The summed E-state index contributed by atoms with van der Waals surface area (Å²) in [6.07, 6.45) is 6.12. The van der Waals surface area contributed by atoms with Gasteiger partial charge in [-0.05, 0) is 30.7 Å². The highest BCUT2D eigenvalue weighted by Gasteiger charge is 2.15. The molecule has 4 N–H and O–H groups in total. The van der Waals surface area contributed by atoms with Crippen LogP contribution in [0.25, 0.3) is 16.7 Å². The predicted molar refractivity (Wildman–Crippen MR) is 112 cm³/mol. The van der Waals surface area contributed by atoms with Crippen LogP contribution in [0.4, 0.5) is 11.6 Å². The van der Waals surface area contributed by atoms with Gasteiger partial charge in [0.25, 0.3) is 0 Å². The molecule has 0 aliphatic rings. The van der Waals surface area contributed by atoms with Crippen LogP contribution in [0.5, 0.6) is 0 Å². The van der Waals surface area contributed by atoms with Crippen molar-refractivity contribution in [3.8, 4) is 5.82 Å². The van der Waals surface area contributed by atoms with Crippen LogP contribution < -0.4 is 16.6 Å². The van der Waals surface area contributed by atoms with E-state index in [2.05, 4.69) is 20.1 Å². The Balaban J connectivity index is 1.58. The Hall–Kier alpha value is -4.05. The fraction of sp³-hybridized carbons (Fsp3) is 0.150. The van der Waals surface area contributed by atoms with Crippen LogP contribution in [0.2, 0.25) is 0 Å². The van der Waals surface area contributed by atoms with Crippen molar-refractivity contribution in [1.82, 2.24) is 24.7 Å². The predicted octanol–water partition coefficient (Wildman–Crippen LogP) is 1.85. The van der Waals surface area contributed by atoms with Crippen LogP contribution in [0.1, 0.15) is 22.8 Å². The van der Waals surface area contributed by atoms with Gasteiger partial charge >= 0.3 is 5.97 Å². The third kappa shape index (κ3) is 3.89. The molecule has 1 aromatic carbocycles. The minimum atomic E-state index is -0.460. The number of pyridine rings is 1. The molecule has 0 fully saturated rings. The number of aromatic nitrogens is 5. The minimum absolute atomic E-state index is 0.182. The van der Waals surface area contributed by atoms with Gasteiger partial charge in [0.1, 0.15) is 0 Å². The van der Waals surface area contributed by atoms with Crippen LogP contribution in [0.15, 0.2) is 55.1 Å². The van der Waals surface area contributed by atoms with Gasteiger partial charge in [0.05, 0.1) is 36.6 Å². The van der Waals surface area contributed by atoms with Crippen LogP contribution in [-0.2, 0) is 11.3 Å². The lowest BCUT2D eigenvalue weighted by Crippen LogP contribution is -2.32. The van der Waals surface area contributed by atoms with Crippen LogP contribution >= 0.6 is 0 Å². The van der Waals surface area contributed by atoms with E-state index in [1.807, 2.05) is 30.3 Å². The highest BCUT2D eigenvalue weighted by Crippen LogP contribution is 2.21. The molecule has 0 radical (unpaired) electrons. The zero-order chi connectivity index (χ0) is 21.1. The Morgan fingerprint density at radius 1 is 1.23 bits per heavy atom. The van der Waals surface area contributed by atoms with Crippen molar-refractivity contribution < 1.29 is 9.53 Å². The maximum absolute atomic E-state index is 11.9. The number of rotatable bonds is 6. The molecule has 0 atom stereocenters. The number of anilines is 2. The van der Waals surface area contributed by atoms with Crippen LogP contribution in [0.3, 0.4) is 0 Å². The van der Waals surface area contributed by atoms with Gasteiger partial charge in [0.2, 0.25) is 0 Å². The number of ether oxygens (including phenoxy) is 1. The van der Waals surface area contributed by atoms with Crippen molar-refractivity contribution in [2.45, 2.75) is 13.5 Å². The minimum Gasteiger partial charge on any atom is -0.462 e. The summed E-state index contributed by atoms with van der Waals surface area (Å²) in [6.45, 7) is 2.38. The van der Waals surface area contributed by atoms with E-state index in [4.69, 9.17) is 16.3 Å². The van der Waals surface area contributed by atoms with Crippen molar-refractivity contribution in [2.75, 3.05) is 17.3 Å². The molecule has 0 aliphatic heterocycles. The number of fused-ring (bicyclic) bond motifs is 1. The third-order valence-corrected chi connectivity index (χ3v) is 4.39. The summed E-state index contributed by atoms with van der Waals surface area (Å²) in [5.41, 5.74) is 8.18. The summed E-state index contributed by atoms with van der Waals surface area (Å²) in [5.74, 6) is 6.63. The topological polar surface area (TPSA) is 138 Å². The Morgan fingerprint density at radius 2 is 2.10 bits per heavy atom. The van der Waals surface area contributed by atoms with Crippen molar-refractivity contribution in [1.29, 1.82) is 0 Å². The van der Waals surface area contributed by atoms with E-state index in [1.165, 1.54) is 28.3 Å². The molecular weight excluding hydrogens is 384 g/mol. The molecule has 4 aromatic rings. The smallest absolute Gasteiger partial charge is 0.341 e. The monoisotopic (exact) mass is 404 g/mol. The van der Waals surface area contributed by atoms with Gasteiger partial charge in [-0.25, -0.2) is 25.3 Å². The highest BCUT2D eigenvalue weighted by atomic mass is 16.5. The summed E-state index contributed by atoms with van der Waals surface area (Å²) >= 11 is 0. The molecule has 0 bridgehead atoms. The molecule has 3 aromatic heterocycles. The maximum Gasteiger partial charge on any atom is 0.341 e. The van der Waals surface area contributed by atoms with Crippen molar-refractivity contribution in [3.63, 3.8) is 0 Å². The van der Waals surface area contributed by atoms with Crippen molar-refractivity contribution >= 4 is 28.5 Å². The maximum atomic E-state index is 11.9. The van der Waals surface area contributed by atoms with Gasteiger partial charge in [-0.3, -0.25) is 9.99 Å². The number of nitrogens with zero attached hydrogens (tertiary/aromatic N) is 6. The quantitative estimate of drug-likeness (QED) is 0.280. The van der Waals surface area contributed by atoms with Crippen molar-refractivity contribution in [3.05, 3.63) is 66.2 Å². The van der Waals surface area contributed by atoms with E-state index in [9.17, 15) is 4.79 Å². The number of carbonyl (C=O) groups is 1. The highest BCUT2D eigenvalue weighted by molar-refractivity contribution is 5.88. The normalized spacial score (nSPS) is 10.9. The number of hydrogen-bond donors (Lipinski definition) is 2. The Kier molecular flexibility index (Phi) is 5.22. The lowest BCUT2D eigenvalue weighted by atomic mass is 10.1. The summed E-state index contributed by atoms with van der Waals surface area (Å²) in [6, 6.07) is 9.76. The molecule has 0 unspecified atom stereocenters. The zero-order valence-electron chi connectivity index (χ0n) is 16.3. The number of carbonyl (C=O) groups excluding carboxylic acids is 1. The second kappa shape index (κ2) is 8.13. The van der Waals surface area contributed by atoms with Gasteiger partial charge in [-0.1, -0.05) is 12.1 Å². The molecule has 0 aliphatic carbocycles. The van der Waals surface area contributed by atoms with Gasteiger partial charge in [-0.15, -0.1) is 0 Å². The molecule has 10 heteroatoms. The largest absolute Gasteiger partial charge is 0.462 e. The molecule has 10 nitrogen and oxygen atoms in total. The number of esters is 1. The second-order valence-corrected chi connectivity index (χ2v) is 6.49. The first kappa shape index (κ1) is 19.3. The fourth-order valence-electron chi connectivity index (χ4n) is 2.96. The van der Waals surface area contributed by atoms with Gasteiger partial charge < -0.3 is 10.5 Å². The van der Waals surface area contributed by atoms with E-state index in [0.717, 1.165) is 16.5 Å². The first-order valence-electron chi connectivity index (χ1n) is 9.25. The fourth-order valence-corrected chi connectivity index (χ4v) is 2.96. The average Bonchev–Trinajstić information content (AvgIpc) is 3.24. The molecule has 30 heavy (non-hydrogen) atoms. The van der Waals surface area contributed by atoms with Crippen LogP contribution in [-0.4, -0.2) is 37.3 Å². The molecule has 4 rings (SSSR count). The summed E-state index contributed by atoms with van der Waals surface area (Å²) in [7, 11) is 0. The first-order valence-corrected chi connectivity index (χ1v) is 9.25. The summed E-state index contributed by atoms with van der Waals surface area (Å²) < 4.78 is 6.39. The molecule has 0 saturated heterocycles. The summed E-state index contributed by atoms with van der Waals surface area (Å²) in [5, 5.41) is 6.57. The molecule has 0 spiro atoms. The lowest BCUT2D eigenvalue weighted by molar-refractivity contribution is 0.0526. The van der Waals surface area contributed by atoms with Crippen molar-refractivity contribution in [2.24, 2.45) is 5.84 Å². The number of hydrogen-bond acceptors (Lipinski definition) is 9. The average molecular weight is 404 g/mol. The van der Waals surface area contributed by atoms with E-state index >= 15 is 0 Å². The number of hydrazine groups is 1. The Morgan fingerprint density at radius 3 is 2.93 bits per heavy atom. The molecule has 0 saturated carbocycles. The van der Waals surface area contributed by atoms with Gasteiger partial charge in [0.15, 0.2) is 17.5 Å². The summed E-state index contributed by atoms with van der Waals surface area (Å²) in [4.78, 5) is 24.8. The first-order chi connectivity index (χ1) is 14.5. The number of benzene rings is 1. The van der Waals surface area contributed by atoms with E-state index in [-0.39, 0.29) is 12.4 Å². The standard InChI is InChI=1S/C20H20N8O2/c1-2-30-20(29)15-9-25-28(12-15)17-10-24-18(21)19(26-17)27(22)11-13-5-6-16-14(8-13)4-3-7-23-16/h3-10,12H,2,11,22H2,1H3,(H2,21,24). The molecule has 0 amide bonds. The Bertz CT molecular complexity index is 1210. The Labute approximate surface area is 172 Å². The molecule has 3 heterocycles. The third-order valence-electron chi connectivity index (χ3n) is 4.39. The molecular formula is C20H20N8O2. The molecule has 152 valence electrons.